The van der Waals surface area contributed by atoms with Crippen LogP contribution in [-0.2, 0) is 11.8 Å². The van der Waals surface area contributed by atoms with E-state index in [0.717, 1.165) is 11.7 Å². The Morgan fingerprint density at radius 3 is 2.58 bits per heavy atom. The van der Waals surface area contributed by atoms with Gasteiger partial charge in [0, 0.05) is 12.1 Å². The van der Waals surface area contributed by atoms with Gasteiger partial charge in [0.2, 0.25) is 11.4 Å². The van der Waals surface area contributed by atoms with E-state index in [1.54, 1.807) is 0 Å². The van der Waals surface area contributed by atoms with E-state index >= 15 is 0 Å². The summed E-state index contributed by atoms with van der Waals surface area (Å²) in [7, 11) is 1.16. The Morgan fingerprint density at radius 2 is 2.04 bits per heavy atom. The monoisotopic (exact) mass is 381 g/mol. The number of aromatic nitrogens is 3. The molecular weight excluding hydrogens is 374 g/mol. The highest BCUT2D eigenvalue weighted by molar-refractivity contribution is 6.36. The lowest BCUT2D eigenvalue weighted by atomic mass is 10.3. The number of aromatic amines is 1. The summed E-state index contributed by atoms with van der Waals surface area (Å²) in [6.45, 7) is 0. The molecule has 0 aliphatic carbocycles. The van der Waals surface area contributed by atoms with Crippen LogP contribution in [-0.4, -0.2) is 26.8 Å². The number of carbonyl (C=O) groups excluding carboxylic acids is 1. The fourth-order valence-corrected chi connectivity index (χ4v) is 2.05. The summed E-state index contributed by atoms with van der Waals surface area (Å²) in [6, 6.07) is 4.48. The largest absolute Gasteiger partial charge is 0.473 e. The molecule has 0 spiro atoms. The zero-order valence-corrected chi connectivity index (χ0v) is 13.3. The zero-order valence-electron chi connectivity index (χ0n) is 11.8. The van der Waals surface area contributed by atoms with E-state index in [9.17, 15) is 22.8 Å². The Balaban J connectivity index is 2.42. The number of carbonyl (C=O) groups is 1. The maximum absolute atomic E-state index is 12.2. The highest BCUT2D eigenvalue weighted by Gasteiger charge is 2.38. The molecule has 24 heavy (non-hydrogen) atoms. The second-order valence-electron chi connectivity index (χ2n) is 4.41. The van der Waals surface area contributed by atoms with Crippen molar-refractivity contribution >= 4 is 40.7 Å². The molecule has 2 aromatic rings. The van der Waals surface area contributed by atoms with Crippen LogP contribution in [0.2, 0.25) is 10.0 Å². The molecule has 7 nitrogen and oxygen atoms in total. The Hall–Kier alpha value is -2.33. The highest BCUT2D eigenvalue weighted by atomic mass is 35.5. The smallest absolute Gasteiger partial charge is 0.323 e. The van der Waals surface area contributed by atoms with Gasteiger partial charge in [0.05, 0.1) is 10.7 Å². The average Bonchev–Trinajstić information content (AvgIpc) is 2.44. The van der Waals surface area contributed by atoms with Crippen LogP contribution >= 0.6 is 23.2 Å². The van der Waals surface area contributed by atoms with Gasteiger partial charge in [0.15, 0.2) is 0 Å². The third-order valence-electron chi connectivity index (χ3n) is 2.63. The minimum absolute atomic E-state index is 0.120. The standard InChI is InChI=1S/C12H8Cl2F3N5O2/c1-22-8(19-10(24)12(15,16)17)9(23)20-11(21-22)18-7-3-2-5(13)4-6(7)14/h2-4H,1H3,(H2,18,20,21,23). The Kier molecular flexibility index (Phi) is 4.99. The molecule has 0 unspecified atom stereocenters. The number of benzene rings is 1. The molecule has 0 saturated heterocycles. The number of hydrogen-bond donors (Lipinski definition) is 2. The average molecular weight is 382 g/mol. The number of hydrogen-bond acceptors (Lipinski definition) is 4. The predicted octanol–water partition coefficient (Wildman–Crippen LogP) is 2.15. The summed E-state index contributed by atoms with van der Waals surface area (Å²) >= 11 is 11.7. The lowest BCUT2D eigenvalue weighted by molar-refractivity contribution is -0.169. The zero-order chi connectivity index (χ0) is 18.1. The Bertz CT molecular complexity index is 920. The van der Waals surface area contributed by atoms with Crippen molar-refractivity contribution in [3.63, 3.8) is 0 Å². The maximum atomic E-state index is 12.2. The summed E-state index contributed by atoms with van der Waals surface area (Å²) < 4.78 is 37.4. The first-order chi connectivity index (χ1) is 11.1. The first kappa shape index (κ1) is 18.0. The van der Waals surface area contributed by atoms with Gasteiger partial charge >= 0.3 is 12.1 Å². The van der Waals surface area contributed by atoms with Gasteiger partial charge < -0.3 is 5.32 Å². The molecular formula is C12H8Cl2F3N5O2. The van der Waals surface area contributed by atoms with E-state index in [-0.39, 0.29) is 11.0 Å². The van der Waals surface area contributed by atoms with Gasteiger partial charge in [-0.3, -0.25) is 14.6 Å². The van der Waals surface area contributed by atoms with E-state index in [0.29, 0.717) is 10.7 Å². The molecule has 2 rings (SSSR count). The number of halogens is 5. The van der Waals surface area contributed by atoms with Crippen molar-refractivity contribution in [2.75, 3.05) is 5.32 Å². The summed E-state index contributed by atoms with van der Waals surface area (Å²) in [5.74, 6) is -2.53. The topological polar surface area (TPSA) is 92.1 Å². The number of rotatable bonds is 2. The number of nitrogens with zero attached hydrogens (tertiary/aromatic N) is 3. The summed E-state index contributed by atoms with van der Waals surface area (Å²) in [4.78, 5) is 27.6. The van der Waals surface area contributed by atoms with E-state index in [4.69, 9.17) is 23.2 Å². The van der Waals surface area contributed by atoms with Crippen LogP contribution in [0.3, 0.4) is 0 Å². The fourth-order valence-electron chi connectivity index (χ4n) is 1.59. The lowest BCUT2D eigenvalue weighted by Gasteiger charge is -2.09. The van der Waals surface area contributed by atoms with E-state index in [2.05, 4.69) is 20.4 Å². The number of anilines is 2. The van der Waals surface area contributed by atoms with Gasteiger partial charge in [0.1, 0.15) is 0 Å². The fraction of sp³-hybridized carbons (Fsp3) is 0.167. The predicted molar refractivity (Wildman–Crippen MR) is 80.2 cm³/mol. The molecule has 0 radical (unpaired) electrons. The van der Waals surface area contributed by atoms with Gasteiger partial charge in [-0.05, 0) is 18.2 Å². The van der Waals surface area contributed by atoms with Crippen LogP contribution in [0.1, 0.15) is 0 Å². The maximum Gasteiger partial charge on any atom is 0.473 e. The van der Waals surface area contributed by atoms with E-state index in [1.165, 1.54) is 18.2 Å². The van der Waals surface area contributed by atoms with Gasteiger partial charge in [-0.15, -0.1) is 5.10 Å². The van der Waals surface area contributed by atoms with Gasteiger partial charge in [0.25, 0.3) is 5.56 Å². The minimum atomic E-state index is -5.19. The molecule has 12 heteroatoms. The van der Waals surface area contributed by atoms with Crippen LogP contribution in [0.5, 0.6) is 0 Å². The van der Waals surface area contributed by atoms with E-state index in [1.807, 2.05) is 0 Å². The molecule has 0 atom stereocenters. The highest BCUT2D eigenvalue weighted by Crippen LogP contribution is 2.26. The van der Waals surface area contributed by atoms with Gasteiger partial charge in [-0.2, -0.15) is 18.2 Å². The van der Waals surface area contributed by atoms with Crippen molar-refractivity contribution in [1.29, 1.82) is 0 Å². The normalized spacial score (nSPS) is 12.3. The first-order valence-electron chi connectivity index (χ1n) is 6.13. The second kappa shape index (κ2) is 6.65. The van der Waals surface area contributed by atoms with Crippen LogP contribution in [0, 0.1) is 0 Å². The second-order valence-corrected chi connectivity index (χ2v) is 5.26. The Labute approximate surface area is 141 Å². The molecule has 1 aromatic carbocycles. The molecule has 0 fully saturated rings. The molecule has 1 aromatic heterocycles. The minimum Gasteiger partial charge on any atom is -0.323 e. The van der Waals surface area contributed by atoms with Crippen LogP contribution in [0.4, 0.5) is 24.8 Å². The van der Waals surface area contributed by atoms with Crippen LogP contribution < -0.4 is 16.4 Å². The van der Waals surface area contributed by atoms with Crippen molar-refractivity contribution < 1.29 is 18.0 Å². The third-order valence-corrected chi connectivity index (χ3v) is 3.17. The van der Waals surface area contributed by atoms with Crippen molar-refractivity contribution in [3.05, 3.63) is 44.1 Å². The molecule has 1 heterocycles. The van der Waals surface area contributed by atoms with Gasteiger partial charge in [-0.1, -0.05) is 23.2 Å². The van der Waals surface area contributed by atoms with Crippen molar-refractivity contribution in [2.24, 2.45) is 12.0 Å². The summed E-state index contributed by atoms with van der Waals surface area (Å²) in [5.41, 5.74) is -1.50. The molecule has 0 aliphatic heterocycles. The quantitative estimate of drug-likeness (QED) is 0.833. The lowest BCUT2D eigenvalue weighted by Crippen LogP contribution is -2.40. The van der Waals surface area contributed by atoms with E-state index < -0.39 is 23.1 Å². The van der Waals surface area contributed by atoms with Crippen LogP contribution in [0.15, 0.2) is 28.0 Å². The number of aryl methyl sites for hydroxylation is 1. The first-order valence-corrected chi connectivity index (χ1v) is 6.89. The molecule has 0 saturated carbocycles. The van der Waals surface area contributed by atoms with Crippen LogP contribution in [0.25, 0.3) is 0 Å². The van der Waals surface area contributed by atoms with Crippen molar-refractivity contribution in [2.45, 2.75) is 6.18 Å². The number of amides is 1. The molecule has 0 bridgehead atoms. The Morgan fingerprint density at radius 1 is 1.38 bits per heavy atom. The molecule has 128 valence electrons. The third kappa shape index (κ3) is 4.15. The van der Waals surface area contributed by atoms with Crippen molar-refractivity contribution in [1.82, 2.24) is 14.8 Å². The summed E-state index contributed by atoms with van der Waals surface area (Å²) in [6.07, 6.45) is -5.19. The molecule has 0 aliphatic rings. The number of nitrogens with one attached hydrogen (secondary N) is 2. The molecule has 1 amide bonds. The summed E-state index contributed by atoms with van der Waals surface area (Å²) in [5, 5.41) is 7.05. The van der Waals surface area contributed by atoms with Crippen molar-refractivity contribution in [3.8, 4) is 0 Å². The number of alkyl halides is 3. The SMILES string of the molecule is Cn1nc(Nc2ccc(Cl)cc2Cl)[nH]c(=O)c1=NC(=O)C(F)(F)F. The number of H-pyrrole nitrogens is 1. The molecule has 2 N–H and O–H groups in total. The van der Waals surface area contributed by atoms with Gasteiger partial charge in [-0.25, -0.2) is 4.68 Å².